The highest BCUT2D eigenvalue weighted by molar-refractivity contribution is 6.42. The van der Waals surface area contributed by atoms with E-state index in [0.717, 1.165) is 5.56 Å². The van der Waals surface area contributed by atoms with Crippen molar-refractivity contribution in [3.05, 3.63) is 33.8 Å². The Kier molecular flexibility index (Phi) is 4.66. The lowest BCUT2D eigenvalue weighted by atomic mass is 10.1. The van der Waals surface area contributed by atoms with E-state index >= 15 is 0 Å². The molecule has 1 atom stereocenters. The third kappa shape index (κ3) is 4.11. The molecule has 1 unspecified atom stereocenters. The molecule has 1 aliphatic rings. The molecule has 0 aliphatic carbocycles. The first kappa shape index (κ1) is 14.2. The molecular weight excluding hydrogens is 287 g/mol. The highest BCUT2D eigenvalue weighted by Gasteiger charge is 2.19. The number of hydrogen-bond donors (Lipinski definition) is 2. The highest BCUT2D eigenvalue weighted by Crippen LogP contribution is 2.22. The van der Waals surface area contributed by atoms with Crippen LogP contribution in [0.4, 0.5) is 0 Å². The Morgan fingerprint density at radius 1 is 1.37 bits per heavy atom. The van der Waals surface area contributed by atoms with Gasteiger partial charge < -0.3 is 10.6 Å². The van der Waals surface area contributed by atoms with Crippen LogP contribution < -0.4 is 10.6 Å². The summed E-state index contributed by atoms with van der Waals surface area (Å²) in [5, 5.41) is 6.53. The number of amides is 2. The number of carbonyl (C=O) groups excluding carboxylic acids is 2. The van der Waals surface area contributed by atoms with Crippen molar-refractivity contribution >= 4 is 35.0 Å². The van der Waals surface area contributed by atoms with E-state index < -0.39 is 0 Å². The maximum atomic E-state index is 11.9. The molecule has 0 aromatic heterocycles. The summed E-state index contributed by atoms with van der Waals surface area (Å²) in [5.41, 5.74) is 0.812. The van der Waals surface area contributed by atoms with Crippen LogP contribution in [-0.4, -0.2) is 24.4 Å². The van der Waals surface area contributed by atoms with Gasteiger partial charge >= 0.3 is 0 Å². The number of piperidine rings is 1. The Morgan fingerprint density at radius 3 is 2.79 bits per heavy atom. The van der Waals surface area contributed by atoms with E-state index in [2.05, 4.69) is 10.6 Å². The monoisotopic (exact) mass is 300 g/mol. The van der Waals surface area contributed by atoms with Crippen molar-refractivity contribution in [2.45, 2.75) is 25.3 Å². The highest BCUT2D eigenvalue weighted by atomic mass is 35.5. The third-order valence-corrected chi connectivity index (χ3v) is 3.72. The molecule has 0 radical (unpaired) electrons. The molecule has 0 spiro atoms. The van der Waals surface area contributed by atoms with Gasteiger partial charge in [-0.05, 0) is 24.1 Å². The Labute approximate surface area is 121 Å². The molecule has 2 rings (SSSR count). The predicted molar refractivity (Wildman–Crippen MR) is 74.3 cm³/mol. The second-order valence-corrected chi connectivity index (χ2v) is 5.35. The van der Waals surface area contributed by atoms with Gasteiger partial charge in [0, 0.05) is 19.0 Å². The molecule has 1 aromatic carbocycles. The maximum Gasteiger partial charge on any atom is 0.224 e. The topological polar surface area (TPSA) is 58.2 Å². The smallest absolute Gasteiger partial charge is 0.224 e. The zero-order valence-corrected chi connectivity index (χ0v) is 11.7. The van der Waals surface area contributed by atoms with Crippen LogP contribution in [0.15, 0.2) is 18.2 Å². The van der Waals surface area contributed by atoms with Crippen molar-refractivity contribution in [2.24, 2.45) is 0 Å². The summed E-state index contributed by atoms with van der Waals surface area (Å²) < 4.78 is 0. The predicted octanol–water partition coefficient (Wildman–Crippen LogP) is 1.93. The maximum absolute atomic E-state index is 11.9. The van der Waals surface area contributed by atoms with Crippen LogP contribution in [0.5, 0.6) is 0 Å². The molecule has 102 valence electrons. The van der Waals surface area contributed by atoms with Crippen LogP contribution in [0, 0.1) is 0 Å². The molecule has 2 N–H and O–H groups in total. The van der Waals surface area contributed by atoms with E-state index in [4.69, 9.17) is 23.2 Å². The van der Waals surface area contributed by atoms with Crippen molar-refractivity contribution in [3.8, 4) is 0 Å². The van der Waals surface area contributed by atoms with E-state index in [-0.39, 0.29) is 24.3 Å². The Bertz CT molecular complexity index is 495. The van der Waals surface area contributed by atoms with Gasteiger partial charge in [0.1, 0.15) is 0 Å². The summed E-state index contributed by atoms with van der Waals surface area (Å²) in [7, 11) is 0. The third-order valence-electron chi connectivity index (χ3n) is 2.98. The van der Waals surface area contributed by atoms with Gasteiger partial charge in [0.15, 0.2) is 0 Å². The average molecular weight is 301 g/mol. The first-order valence-electron chi connectivity index (χ1n) is 6.04. The summed E-state index contributed by atoms with van der Waals surface area (Å²) in [4.78, 5) is 22.9. The number of halogens is 2. The fourth-order valence-electron chi connectivity index (χ4n) is 1.97. The zero-order chi connectivity index (χ0) is 13.8. The van der Waals surface area contributed by atoms with Crippen molar-refractivity contribution in [1.82, 2.24) is 10.6 Å². The molecule has 0 saturated carbocycles. The molecule has 1 saturated heterocycles. The lowest BCUT2D eigenvalue weighted by Crippen LogP contribution is -2.48. The quantitative estimate of drug-likeness (QED) is 0.896. The van der Waals surface area contributed by atoms with Crippen molar-refractivity contribution in [3.63, 3.8) is 0 Å². The largest absolute Gasteiger partial charge is 0.354 e. The van der Waals surface area contributed by atoms with E-state index in [1.807, 2.05) is 0 Å². The van der Waals surface area contributed by atoms with Gasteiger partial charge in [-0.2, -0.15) is 0 Å². The standard InChI is InChI=1S/C13H14Cl2N2O2/c14-10-3-1-8(5-11(10)15)6-13(19)17-9-2-4-12(18)16-7-9/h1,3,5,9H,2,4,6-7H2,(H,16,18)(H,17,19). The van der Waals surface area contributed by atoms with E-state index in [1.165, 1.54) is 0 Å². The fraction of sp³-hybridized carbons (Fsp3) is 0.385. The van der Waals surface area contributed by atoms with Crippen molar-refractivity contribution in [2.75, 3.05) is 6.54 Å². The summed E-state index contributed by atoms with van der Waals surface area (Å²) in [6, 6.07) is 5.14. The fourth-order valence-corrected chi connectivity index (χ4v) is 2.29. The van der Waals surface area contributed by atoms with E-state index in [9.17, 15) is 9.59 Å². The van der Waals surface area contributed by atoms with Gasteiger partial charge in [-0.15, -0.1) is 0 Å². The molecule has 6 heteroatoms. The first-order valence-corrected chi connectivity index (χ1v) is 6.80. The molecular formula is C13H14Cl2N2O2. The van der Waals surface area contributed by atoms with E-state index in [0.29, 0.717) is 29.4 Å². The minimum absolute atomic E-state index is 0.00738. The minimum atomic E-state index is -0.0838. The Hall–Kier alpha value is -1.26. The second-order valence-electron chi connectivity index (χ2n) is 4.53. The van der Waals surface area contributed by atoms with Crippen LogP contribution in [0.25, 0.3) is 0 Å². The van der Waals surface area contributed by atoms with Gasteiger partial charge in [0.05, 0.1) is 16.5 Å². The van der Waals surface area contributed by atoms with Crippen molar-refractivity contribution in [1.29, 1.82) is 0 Å². The number of carbonyl (C=O) groups is 2. The molecule has 19 heavy (non-hydrogen) atoms. The molecule has 1 aliphatic heterocycles. The summed E-state index contributed by atoms with van der Waals surface area (Å²) >= 11 is 11.7. The summed E-state index contributed by atoms with van der Waals surface area (Å²) in [5.74, 6) is -0.0467. The SMILES string of the molecule is O=C1CCC(NC(=O)Cc2ccc(Cl)c(Cl)c2)CN1. The van der Waals surface area contributed by atoms with Gasteiger partial charge in [0.2, 0.25) is 11.8 Å². The minimum Gasteiger partial charge on any atom is -0.354 e. The van der Waals surface area contributed by atoms with Gasteiger partial charge in [-0.1, -0.05) is 29.3 Å². The van der Waals surface area contributed by atoms with Crippen LogP contribution in [-0.2, 0) is 16.0 Å². The number of benzene rings is 1. The Balaban J connectivity index is 1.87. The Morgan fingerprint density at radius 2 is 2.16 bits per heavy atom. The number of rotatable bonds is 3. The van der Waals surface area contributed by atoms with Gasteiger partial charge in [0.25, 0.3) is 0 Å². The first-order chi connectivity index (χ1) is 9.04. The van der Waals surface area contributed by atoms with Gasteiger partial charge in [-0.3, -0.25) is 9.59 Å². The number of nitrogens with one attached hydrogen (secondary N) is 2. The molecule has 4 nitrogen and oxygen atoms in total. The summed E-state index contributed by atoms with van der Waals surface area (Å²) in [6.07, 6.45) is 1.39. The lowest BCUT2D eigenvalue weighted by molar-refractivity contribution is -0.125. The van der Waals surface area contributed by atoms with Crippen LogP contribution in [0.1, 0.15) is 18.4 Å². The molecule has 2 amide bonds. The zero-order valence-electron chi connectivity index (χ0n) is 10.2. The van der Waals surface area contributed by atoms with Crippen LogP contribution in [0.3, 0.4) is 0 Å². The molecule has 0 bridgehead atoms. The second kappa shape index (κ2) is 6.26. The lowest BCUT2D eigenvalue weighted by Gasteiger charge is -2.23. The van der Waals surface area contributed by atoms with Crippen LogP contribution >= 0.6 is 23.2 Å². The van der Waals surface area contributed by atoms with Crippen molar-refractivity contribution < 1.29 is 9.59 Å². The van der Waals surface area contributed by atoms with Gasteiger partial charge in [-0.25, -0.2) is 0 Å². The molecule has 1 aromatic rings. The van der Waals surface area contributed by atoms with E-state index in [1.54, 1.807) is 18.2 Å². The number of hydrogen-bond acceptors (Lipinski definition) is 2. The van der Waals surface area contributed by atoms with Crippen LogP contribution in [0.2, 0.25) is 10.0 Å². The summed E-state index contributed by atoms with van der Waals surface area (Å²) in [6.45, 7) is 0.492. The molecule has 1 heterocycles. The normalized spacial score (nSPS) is 18.8. The average Bonchev–Trinajstić information content (AvgIpc) is 2.37. The molecule has 1 fully saturated rings.